The van der Waals surface area contributed by atoms with Crippen molar-refractivity contribution in [1.82, 2.24) is 14.7 Å². The Balaban J connectivity index is 1.51. The molecule has 3 heterocycles. The highest BCUT2D eigenvalue weighted by Gasteiger charge is 2.45. The van der Waals surface area contributed by atoms with Crippen LogP contribution in [0.4, 0.5) is 0 Å². The molecule has 3 aliphatic rings. The van der Waals surface area contributed by atoms with Gasteiger partial charge in [0, 0.05) is 45.2 Å². The van der Waals surface area contributed by atoms with Crippen LogP contribution in [-0.4, -0.2) is 84.0 Å². The first-order chi connectivity index (χ1) is 10.9. The van der Waals surface area contributed by atoms with E-state index < -0.39 is 0 Å². The predicted octanol–water partition coefficient (Wildman–Crippen LogP) is 0.709. The van der Waals surface area contributed by atoms with E-state index in [4.69, 9.17) is 4.74 Å². The summed E-state index contributed by atoms with van der Waals surface area (Å²) in [5.74, 6) is 0.477. The lowest BCUT2D eigenvalue weighted by Gasteiger charge is -2.44. The molecule has 3 saturated heterocycles. The predicted molar refractivity (Wildman–Crippen MR) is 87.0 cm³/mol. The molecule has 2 atom stereocenters. The highest BCUT2D eigenvalue weighted by atomic mass is 16.5. The number of hydrogen-bond donors (Lipinski definition) is 0. The van der Waals surface area contributed by atoms with Gasteiger partial charge in [0.2, 0.25) is 11.8 Å². The number of morpholine rings is 1. The van der Waals surface area contributed by atoms with Gasteiger partial charge >= 0.3 is 0 Å². The van der Waals surface area contributed by atoms with Crippen molar-refractivity contribution in [1.29, 1.82) is 0 Å². The summed E-state index contributed by atoms with van der Waals surface area (Å²) >= 11 is 0. The Morgan fingerprint density at radius 3 is 2.30 bits per heavy atom. The average Bonchev–Trinajstić information content (AvgIpc) is 2.78. The van der Waals surface area contributed by atoms with Crippen molar-refractivity contribution in [2.24, 2.45) is 0 Å². The van der Waals surface area contributed by atoms with E-state index in [2.05, 4.69) is 4.90 Å². The third-order valence-corrected chi connectivity index (χ3v) is 5.81. The quantitative estimate of drug-likeness (QED) is 0.751. The second-order valence-electron chi connectivity index (χ2n) is 7.51. The summed E-state index contributed by atoms with van der Waals surface area (Å²) in [4.78, 5) is 30.5. The Bertz CT molecular complexity index is 464. The molecule has 2 amide bonds. The number of likely N-dealkylation sites (tertiary alicyclic amines) is 2. The zero-order valence-corrected chi connectivity index (χ0v) is 14.6. The fraction of sp³-hybridized carbons (Fsp3) is 0.882. The summed E-state index contributed by atoms with van der Waals surface area (Å²) in [5.41, 5.74) is 0.0542. The fourth-order valence-corrected chi connectivity index (χ4v) is 4.33. The molecule has 23 heavy (non-hydrogen) atoms. The van der Waals surface area contributed by atoms with Crippen molar-refractivity contribution in [3.8, 4) is 0 Å². The smallest absolute Gasteiger partial charge is 0.236 e. The van der Waals surface area contributed by atoms with E-state index in [0.29, 0.717) is 26.1 Å². The van der Waals surface area contributed by atoms with E-state index >= 15 is 0 Å². The van der Waals surface area contributed by atoms with Gasteiger partial charge in [-0.2, -0.15) is 0 Å². The van der Waals surface area contributed by atoms with Crippen LogP contribution in [0.15, 0.2) is 0 Å². The van der Waals surface area contributed by atoms with Crippen LogP contribution in [0, 0.1) is 0 Å². The van der Waals surface area contributed by atoms with Crippen molar-refractivity contribution >= 4 is 11.8 Å². The van der Waals surface area contributed by atoms with E-state index in [0.717, 1.165) is 32.4 Å². The number of amides is 2. The van der Waals surface area contributed by atoms with Crippen LogP contribution in [0.3, 0.4) is 0 Å². The zero-order chi connectivity index (χ0) is 16.6. The van der Waals surface area contributed by atoms with E-state index in [1.807, 2.05) is 30.7 Å². The molecule has 3 rings (SSSR count). The number of piperidine rings is 1. The SMILES string of the molecule is C[C@@H]1CN(C(=O)CN2CCC3(CCC(=O)N3C)CC2)C[C@H](C)O1. The molecule has 0 radical (unpaired) electrons. The lowest BCUT2D eigenvalue weighted by Crippen LogP contribution is -2.55. The van der Waals surface area contributed by atoms with Gasteiger partial charge in [0.15, 0.2) is 0 Å². The molecule has 6 heteroatoms. The lowest BCUT2D eigenvalue weighted by atomic mass is 9.85. The zero-order valence-electron chi connectivity index (χ0n) is 14.6. The van der Waals surface area contributed by atoms with Gasteiger partial charge in [0.25, 0.3) is 0 Å². The van der Waals surface area contributed by atoms with Gasteiger partial charge in [0.05, 0.1) is 18.8 Å². The van der Waals surface area contributed by atoms with E-state index in [9.17, 15) is 9.59 Å². The maximum absolute atomic E-state index is 12.6. The van der Waals surface area contributed by atoms with Crippen LogP contribution in [0.2, 0.25) is 0 Å². The van der Waals surface area contributed by atoms with Gasteiger partial charge in [-0.25, -0.2) is 0 Å². The molecule has 6 nitrogen and oxygen atoms in total. The van der Waals surface area contributed by atoms with Crippen molar-refractivity contribution in [2.75, 3.05) is 39.8 Å². The van der Waals surface area contributed by atoms with Gasteiger partial charge < -0.3 is 14.5 Å². The molecule has 0 N–H and O–H groups in total. The first-order valence-corrected chi connectivity index (χ1v) is 8.82. The summed E-state index contributed by atoms with van der Waals surface area (Å²) in [7, 11) is 1.94. The highest BCUT2D eigenvalue weighted by Crippen LogP contribution is 2.37. The topological polar surface area (TPSA) is 53.1 Å². The summed E-state index contributed by atoms with van der Waals surface area (Å²) in [6.07, 6.45) is 3.86. The number of carbonyl (C=O) groups is 2. The molecular formula is C17H29N3O3. The lowest BCUT2D eigenvalue weighted by molar-refractivity contribution is -0.145. The summed E-state index contributed by atoms with van der Waals surface area (Å²) in [6, 6.07) is 0. The molecule has 130 valence electrons. The van der Waals surface area contributed by atoms with Crippen LogP contribution in [0.25, 0.3) is 0 Å². The summed E-state index contributed by atoms with van der Waals surface area (Å²) in [5, 5.41) is 0. The number of hydrogen-bond acceptors (Lipinski definition) is 4. The second kappa shape index (κ2) is 6.40. The Labute approximate surface area is 138 Å². The molecule has 0 saturated carbocycles. The summed E-state index contributed by atoms with van der Waals surface area (Å²) < 4.78 is 5.70. The van der Waals surface area contributed by atoms with Crippen molar-refractivity contribution < 1.29 is 14.3 Å². The van der Waals surface area contributed by atoms with Crippen LogP contribution >= 0.6 is 0 Å². The Hall–Kier alpha value is -1.14. The molecule has 0 aromatic rings. The van der Waals surface area contributed by atoms with Crippen molar-refractivity contribution in [2.45, 2.75) is 57.3 Å². The van der Waals surface area contributed by atoms with Gasteiger partial charge in [-0.15, -0.1) is 0 Å². The minimum atomic E-state index is 0.0542. The van der Waals surface area contributed by atoms with Gasteiger partial charge in [-0.05, 0) is 33.1 Å². The molecule has 3 aliphatic heterocycles. The molecule has 0 aliphatic carbocycles. The van der Waals surface area contributed by atoms with Crippen LogP contribution in [0.1, 0.15) is 39.5 Å². The van der Waals surface area contributed by atoms with Gasteiger partial charge in [-0.3, -0.25) is 14.5 Å². The minimum Gasteiger partial charge on any atom is -0.372 e. The Morgan fingerprint density at radius 1 is 1.17 bits per heavy atom. The Kier molecular flexibility index (Phi) is 4.65. The number of rotatable bonds is 2. The normalized spacial score (nSPS) is 31.9. The minimum absolute atomic E-state index is 0.0542. The number of nitrogens with zero attached hydrogens (tertiary/aromatic N) is 3. The van der Waals surface area contributed by atoms with Gasteiger partial charge in [0.1, 0.15) is 0 Å². The van der Waals surface area contributed by atoms with E-state index in [1.54, 1.807) is 0 Å². The molecule has 1 spiro atoms. The number of carbonyl (C=O) groups excluding carboxylic acids is 2. The molecule has 3 fully saturated rings. The largest absolute Gasteiger partial charge is 0.372 e. The van der Waals surface area contributed by atoms with Crippen LogP contribution in [0.5, 0.6) is 0 Å². The monoisotopic (exact) mass is 323 g/mol. The average molecular weight is 323 g/mol. The standard InChI is InChI=1S/C17H29N3O3/c1-13-10-20(11-14(2)23-13)16(22)12-19-8-6-17(7-9-19)5-4-15(21)18(17)3/h13-14H,4-12H2,1-3H3/t13-,14+. The van der Waals surface area contributed by atoms with E-state index in [1.165, 1.54) is 0 Å². The first-order valence-electron chi connectivity index (χ1n) is 8.82. The van der Waals surface area contributed by atoms with Gasteiger partial charge in [-0.1, -0.05) is 0 Å². The highest BCUT2D eigenvalue weighted by molar-refractivity contribution is 5.79. The third-order valence-electron chi connectivity index (χ3n) is 5.81. The van der Waals surface area contributed by atoms with E-state index in [-0.39, 0.29) is 29.6 Å². The Morgan fingerprint density at radius 2 is 1.78 bits per heavy atom. The molecule has 0 unspecified atom stereocenters. The maximum atomic E-state index is 12.6. The van der Waals surface area contributed by atoms with Crippen LogP contribution in [-0.2, 0) is 14.3 Å². The van der Waals surface area contributed by atoms with Crippen LogP contribution < -0.4 is 0 Å². The van der Waals surface area contributed by atoms with Crippen molar-refractivity contribution in [3.63, 3.8) is 0 Å². The molecule has 0 bridgehead atoms. The summed E-state index contributed by atoms with van der Waals surface area (Å²) in [6.45, 7) is 7.72. The fourth-order valence-electron chi connectivity index (χ4n) is 4.33. The molecular weight excluding hydrogens is 294 g/mol. The molecule has 0 aromatic heterocycles. The number of ether oxygens (including phenoxy) is 1. The van der Waals surface area contributed by atoms with Crippen molar-refractivity contribution in [3.05, 3.63) is 0 Å². The first kappa shape index (κ1) is 16.7. The third kappa shape index (κ3) is 3.38. The maximum Gasteiger partial charge on any atom is 0.236 e. The second-order valence-corrected chi connectivity index (χ2v) is 7.51. The molecule has 0 aromatic carbocycles.